The first-order valence-corrected chi connectivity index (χ1v) is 12.0. The van der Waals surface area contributed by atoms with Gasteiger partial charge in [-0.1, -0.05) is 84.9 Å². The van der Waals surface area contributed by atoms with Gasteiger partial charge in [-0.15, -0.1) is 0 Å². The highest BCUT2D eigenvalue weighted by atomic mass is 16.6. The third kappa shape index (κ3) is 4.37. The van der Waals surface area contributed by atoms with E-state index in [2.05, 4.69) is 0 Å². The Hall–Kier alpha value is -4.98. The summed E-state index contributed by atoms with van der Waals surface area (Å²) in [7, 11) is 1.55. The lowest BCUT2D eigenvalue weighted by molar-refractivity contribution is -0.384. The molecule has 1 aliphatic heterocycles. The molecule has 1 N–H and O–H groups in total. The fourth-order valence-electron chi connectivity index (χ4n) is 4.96. The molecule has 0 saturated carbocycles. The Morgan fingerprint density at radius 2 is 1.55 bits per heavy atom. The maximum Gasteiger partial charge on any atom is 0.338 e. The standard InChI is InChI=1S/C30H25N3O5/c1-38-26-18-14-24(15-19-26)30(29(34)35)27(22-12-16-25(17-13-22)33(36)37)32(20-21-8-4-2-5-9-21)28(31-30)23-10-6-3-7-11-23/h2-19,27H,20H2,1H3,(H,34,35)/t27-,30+/m0/s1. The molecular formula is C30H25N3O5. The average molecular weight is 508 g/mol. The summed E-state index contributed by atoms with van der Waals surface area (Å²) in [6.07, 6.45) is 0. The van der Waals surface area contributed by atoms with Crippen molar-refractivity contribution in [2.75, 3.05) is 7.11 Å². The summed E-state index contributed by atoms with van der Waals surface area (Å²) in [4.78, 5) is 31.2. The number of aliphatic carboxylic acids is 1. The lowest BCUT2D eigenvalue weighted by Crippen LogP contribution is -2.43. The van der Waals surface area contributed by atoms with Crippen molar-refractivity contribution in [3.8, 4) is 5.75 Å². The second-order valence-electron chi connectivity index (χ2n) is 8.97. The molecule has 5 rings (SSSR count). The number of hydrogen-bond donors (Lipinski definition) is 1. The van der Waals surface area contributed by atoms with E-state index in [1.165, 1.54) is 12.1 Å². The van der Waals surface area contributed by atoms with Crippen LogP contribution in [0.15, 0.2) is 114 Å². The summed E-state index contributed by atoms with van der Waals surface area (Å²) in [5, 5.41) is 22.3. The third-order valence-corrected chi connectivity index (χ3v) is 6.77. The second-order valence-corrected chi connectivity index (χ2v) is 8.97. The second kappa shape index (κ2) is 10.2. The molecule has 0 amide bonds. The first kappa shape index (κ1) is 24.7. The summed E-state index contributed by atoms with van der Waals surface area (Å²) in [5.74, 6) is -0.0152. The third-order valence-electron chi connectivity index (χ3n) is 6.77. The summed E-state index contributed by atoms with van der Waals surface area (Å²) >= 11 is 0. The molecule has 4 aromatic rings. The zero-order chi connectivity index (χ0) is 26.7. The Balaban J connectivity index is 1.77. The van der Waals surface area contributed by atoms with Gasteiger partial charge in [0, 0.05) is 24.2 Å². The largest absolute Gasteiger partial charge is 0.497 e. The monoisotopic (exact) mass is 507 g/mol. The van der Waals surface area contributed by atoms with Crippen LogP contribution in [0, 0.1) is 10.1 Å². The smallest absolute Gasteiger partial charge is 0.338 e. The van der Waals surface area contributed by atoms with E-state index < -0.39 is 22.5 Å². The minimum atomic E-state index is -1.73. The van der Waals surface area contributed by atoms with Crippen LogP contribution in [0.4, 0.5) is 5.69 Å². The number of amidine groups is 1. The molecule has 2 atom stereocenters. The summed E-state index contributed by atoms with van der Waals surface area (Å²) < 4.78 is 5.31. The molecule has 0 fully saturated rings. The van der Waals surface area contributed by atoms with Crippen LogP contribution in [0.1, 0.15) is 28.3 Å². The van der Waals surface area contributed by atoms with Crippen molar-refractivity contribution in [3.05, 3.63) is 142 Å². The lowest BCUT2D eigenvalue weighted by atomic mass is 9.79. The van der Waals surface area contributed by atoms with E-state index in [-0.39, 0.29) is 5.69 Å². The van der Waals surface area contributed by atoms with Crippen molar-refractivity contribution in [2.24, 2.45) is 4.99 Å². The van der Waals surface area contributed by atoms with Crippen LogP contribution in [0.2, 0.25) is 0 Å². The highest BCUT2D eigenvalue weighted by Crippen LogP contribution is 2.49. The number of carbonyl (C=O) groups is 1. The number of aliphatic imine (C=N–C) groups is 1. The van der Waals surface area contributed by atoms with Gasteiger partial charge in [0.15, 0.2) is 0 Å². The first-order valence-electron chi connectivity index (χ1n) is 12.0. The molecule has 1 heterocycles. The quantitative estimate of drug-likeness (QED) is 0.246. The number of nitro groups is 1. The molecule has 0 bridgehead atoms. The molecule has 38 heavy (non-hydrogen) atoms. The minimum Gasteiger partial charge on any atom is -0.497 e. The highest BCUT2D eigenvalue weighted by Gasteiger charge is 2.56. The number of ether oxygens (including phenoxy) is 1. The van der Waals surface area contributed by atoms with Crippen molar-refractivity contribution in [1.82, 2.24) is 4.90 Å². The van der Waals surface area contributed by atoms with E-state index >= 15 is 0 Å². The van der Waals surface area contributed by atoms with E-state index in [0.29, 0.717) is 29.3 Å². The fourth-order valence-corrected chi connectivity index (χ4v) is 4.96. The molecule has 1 aliphatic rings. The van der Waals surface area contributed by atoms with Crippen molar-refractivity contribution in [1.29, 1.82) is 0 Å². The van der Waals surface area contributed by atoms with Gasteiger partial charge in [0.1, 0.15) is 11.6 Å². The van der Waals surface area contributed by atoms with Crippen LogP contribution in [-0.4, -0.2) is 33.8 Å². The summed E-state index contributed by atoms with van der Waals surface area (Å²) in [6, 6.07) is 31.3. The molecule has 8 heteroatoms. The lowest BCUT2D eigenvalue weighted by Gasteiger charge is -2.36. The van der Waals surface area contributed by atoms with E-state index in [1.54, 1.807) is 43.5 Å². The molecule has 0 aromatic heterocycles. The molecule has 0 saturated heterocycles. The molecule has 0 radical (unpaired) electrons. The van der Waals surface area contributed by atoms with Crippen LogP contribution in [0.5, 0.6) is 5.75 Å². The number of nitrogens with zero attached hydrogens (tertiary/aromatic N) is 3. The predicted molar refractivity (Wildman–Crippen MR) is 143 cm³/mol. The molecule has 190 valence electrons. The molecule has 4 aromatic carbocycles. The van der Waals surface area contributed by atoms with Gasteiger partial charge < -0.3 is 14.7 Å². The number of nitro benzene ring substituents is 1. The van der Waals surface area contributed by atoms with Crippen molar-refractivity contribution < 1.29 is 19.6 Å². The van der Waals surface area contributed by atoms with E-state index in [9.17, 15) is 20.0 Å². The van der Waals surface area contributed by atoms with Crippen LogP contribution in [0.25, 0.3) is 0 Å². The average Bonchev–Trinajstić information content (AvgIpc) is 3.30. The van der Waals surface area contributed by atoms with Gasteiger partial charge in [-0.25, -0.2) is 9.79 Å². The van der Waals surface area contributed by atoms with Crippen molar-refractivity contribution >= 4 is 17.5 Å². The van der Waals surface area contributed by atoms with Crippen LogP contribution in [0.3, 0.4) is 0 Å². The Morgan fingerprint density at radius 3 is 2.11 bits per heavy atom. The summed E-state index contributed by atoms with van der Waals surface area (Å²) in [5.41, 5.74) is 1.00. The van der Waals surface area contributed by atoms with Crippen LogP contribution >= 0.6 is 0 Å². The molecule has 0 spiro atoms. The van der Waals surface area contributed by atoms with Gasteiger partial charge in [0.25, 0.3) is 5.69 Å². The fraction of sp³-hybridized carbons (Fsp3) is 0.133. The Morgan fingerprint density at radius 1 is 0.947 bits per heavy atom. The molecule has 0 aliphatic carbocycles. The topological polar surface area (TPSA) is 105 Å². The van der Waals surface area contributed by atoms with Crippen molar-refractivity contribution in [3.63, 3.8) is 0 Å². The van der Waals surface area contributed by atoms with E-state index in [1.807, 2.05) is 65.6 Å². The summed E-state index contributed by atoms with van der Waals surface area (Å²) in [6.45, 7) is 0.376. The minimum absolute atomic E-state index is 0.0732. The Bertz CT molecular complexity index is 1470. The van der Waals surface area contributed by atoms with E-state index in [0.717, 1.165) is 11.1 Å². The molecule has 0 unspecified atom stereocenters. The number of rotatable bonds is 8. The maximum atomic E-state index is 13.3. The first-order chi connectivity index (χ1) is 18.4. The van der Waals surface area contributed by atoms with Crippen LogP contribution in [-0.2, 0) is 16.9 Å². The number of carboxylic acids is 1. The number of methoxy groups -OCH3 is 1. The predicted octanol–water partition coefficient (Wildman–Crippen LogP) is 5.59. The zero-order valence-electron chi connectivity index (χ0n) is 20.6. The van der Waals surface area contributed by atoms with Gasteiger partial charge in [-0.05, 0) is 28.8 Å². The Labute approximate surface area is 219 Å². The number of benzene rings is 4. The SMILES string of the molecule is COc1ccc([C@@]2(C(=O)O)N=C(c3ccccc3)N(Cc3ccccc3)[C@H]2c2ccc([N+](=O)[O-])cc2)cc1. The molecular weight excluding hydrogens is 482 g/mol. The number of non-ortho nitro benzene ring substituents is 1. The van der Waals surface area contributed by atoms with Gasteiger partial charge in [0.2, 0.25) is 5.54 Å². The normalized spacial score (nSPS) is 18.6. The zero-order valence-corrected chi connectivity index (χ0v) is 20.6. The van der Waals surface area contributed by atoms with Gasteiger partial charge in [0.05, 0.1) is 18.1 Å². The van der Waals surface area contributed by atoms with Crippen molar-refractivity contribution in [2.45, 2.75) is 18.1 Å². The maximum absolute atomic E-state index is 13.3. The van der Waals surface area contributed by atoms with Gasteiger partial charge >= 0.3 is 5.97 Å². The van der Waals surface area contributed by atoms with E-state index in [4.69, 9.17) is 9.73 Å². The Kier molecular flexibility index (Phi) is 6.62. The molecule has 8 nitrogen and oxygen atoms in total. The van der Waals surface area contributed by atoms with Gasteiger partial charge in [-0.3, -0.25) is 10.1 Å². The number of carboxylic acid groups (broad SMARTS) is 1. The van der Waals surface area contributed by atoms with Gasteiger partial charge in [-0.2, -0.15) is 0 Å². The van der Waals surface area contributed by atoms with Crippen LogP contribution < -0.4 is 4.74 Å². The number of hydrogen-bond acceptors (Lipinski definition) is 6. The highest BCUT2D eigenvalue weighted by molar-refractivity contribution is 6.04.